The molecule has 1 saturated carbocycles. The molecule has 0 spiro atoms. The first-order chi connectivity index (χ1) is 7.24. The molecule has 4 heteroatoms. The first-order valence-electron chi connectivity index (χ1n) is 5.66. The van der Waals surface area contributed by atoms with Crippen molar-refractivity contribution >= 4 is 0 Å². The number of hydrogen-bond donors (Lipinski definition) is 2. The molecule has 2 rings (SSSR count). The predicted octanol–water partition coefficient (Wildman–Crippen LogP) is 1.30. The van der Waals surface area contributed by atoms with Crippen LogP contribution >= 0.6 is 0 Å². The Hall–Kier alpha value is -0.870. The van der Waals surface area contributed by atoms with E-state index in [2.05, 4.69) is 9.78 Å². The first kappa shape index (κ1) is 10.6. The molecule has 0 saturated heterocycles. The van der Waals surface area contributed by atoms with Crippen molar-refractivity contribution in [3.8, 4) is 0 Å². The van der Waals surface area contributed by atoms with E-state index in [-0.39, 0.29) is 6.54 Å². The molecule has 1 aromatic heterocycles. The van der Waals surface area contributed by atoms with Crippen molar-refractivity contribution in [2.45, 2.75) is 44.8 Å². The number of hydrogen-bond acceptors (Lipinski definition) is 3. The lowest BCUT2D eigenvalue weighted by Gasteiger charge is -2.13. The van der Waals surface area contributed by atoms with E-state index in [0.29, 0.717) is 6.04 Å². The summed E-state index contributed by atoms with van der Waals surface area (Å²) in [5.74, 6) is 0. The van der Waals surface area contributed by atoms with E-state index in [0.717, 1.165) is 11.3 Å². The molecule has 4 nitrogen and oxygen atoms in total. The van der Waals surface area contributed by atoms with Crippen LogP contribution in [0.25, 0.3) is 0 Å². The molecular formula is C11H19N3O. The Kier molecular flexibility index (Phi) is 3.07. The molecule has 84 valence electrons. The van der Waals surface area contributed by atoms with Gasteiger partial charge in [0, 0.05) is 17.8 Å². The van der Waals surface area contributed by atoms with E-state index >= 15 is 0 Å². The van der Waals surface area contributed by atoms with E-state index in [9.17, 15) is 5.11 Å². The van der Waals surface area contributed by atoms with Crippen LogP contribution in [0, 0.1) is 6.92 Å². The Balaban J connectivity index is 2.22. The average molecular weight is 209 g/mol. The highest BCUT2D eigenvalue weighted by molar-refractivity contribution is 5.20. The van der Waals surface area contributed by atoms with Gasteiger partial charge >= 0.3 is 0 Å². The smallest absolute Gasteiger partial charge is 0.0945 e. The van der Waals surface area contributed by atoms with Crippen molar-refractivity contribution < 1.29 is 5.11 Å². The molecule has 1 aliphatic rings. The van der Waals surface area contributed by atoms with Crippen LogP contribution in [0.3, 0.4) is 0 Å². The van der Waals surface area contributed by atoms with Crippen molar-refractivity contribution in [3.63, 3.8) is 0 Å². The molecule has 1 atom stereocenters. The van der Waals surface area contributed by atoms with Crippen LogP contribution in [-0.4, -0.2) is 21.4 Å². The lowest BCUT2D eigenvalue weighted by atomic mass is 10.1. The van der Waals surface area contributed by atoms with Gasteiger partial charge in [-0.2, -0.15) is 5.10 Å². The Bertz CT molecular complexity index is 329. The van der Waals surface area contributed by atoms with Gasteiger partial charge in [-0.15, -0.1) is 0 Å². The molecule has 0 aliphatic heterocycles. The zero-order valence-electron chi connectivity index (χ0n) is 9.19. The zero-order chi connectivity index (χ0) is 10.8. The molecule has 0 radical (unpaired) electrons. The monoisotopic (exact) mass is 209 g/mol. The first-order valence-corrected chi connectivity index (χ1v) is 5.66. The molecular weight excluding hydrogens is 190 g/mol. The van der Waals surface area contributed by atoms with Gasteiger partial charge in [0.05, 0.1) is 18.3 Å². The second-order valence-corrected chi connectivity index (χ2v) is 4.32. The quantitative estimate of drug-likeness (QED) is 0.788. The van der Waals surface area contributed by atoms with Crippen LogP contribution in [-0.2, 0) is 0 Å². The maximum absolute atomic E-state index is 9.69. The van der Waals surface area contributed by atoms with Gasteiger partial charge in [-0.05, 0) is 19.8 Å². The van der Waals surface area contributed by atoms with Crippen molar-refractivity contribution in [2.75, 3.05) is 6.54 Å². The largest absolute Gasteiger partial charge is 0.387 e. The average Bonchev–Trinajstić information content (AvgIpc) is 2.85. The SMILES string of the molecule is Cc1c(C(O)CN)cnn1C1CCCC1. The molecule has 3 N–H and O–H groups in total. The van der Waals surface area contributed by atoms with Crippen molar-refractivity contribution in [2.24, 2.45) is 5.73 Å². The molecule has 1 aromatic rings. The highest BCUT2D eigenvalue weighted by atomic mass is 16.3. The van der Waals surface area contributed by atoms with Gasteiger partial charge in [0.15, 0.2) is 0 Å². The summed E-state index contributed by atoms with van der Waals surface area (Å²) < 4.78 is 2.06. The number of nitrogens with zero attached hydrogens (tertiary/aromatic N) is 2. The van der Waals surface area contributed by atoms with Crippen LogP contribution in [0.15, 0.2) is 6.20 Å². The highest BCUT2D eigenvalue weighted by Crippen LogP contribution is 2.31. The van der Waals surface area contributed by atoms with Gasteiger partial charge in [0.2, 0.25) is 0 Å². The van der Waals surface area contributed by atoms with Crippen molar-refractivity contribution in [1.29, 1.82) is 0 Å². The molecule has 1 aliphatic carbocycles. The molecule has 0 bridgehead atoms. The molecule has 1 heterocycles. The second kappa shape index (κ2) is 4.33. The fourth-order valence-electron chi connectivity index (χ4n) is 2.41. The van der Waals surface area contributed by atoms with Crippen molar-refractivity contribution in [3.05, 3.63) is 17.5 Å². The highest BCUT2D eigenvalue weighted by Gasteiger charge is 2.21. The topological polar surface area (TPSA) is 64.1 Å². The summed E-state index contributed by atoms with van der Waals surface area (Å²) in [5, 5.41) is 14.1. The maximum Gasteiger partial charge on any atom is 0.0945 e. The summed E-state index contributed by atoms with van der Waals surface area (Å²) in [7, 11) is 0. The summed E-state index contributed by atoms with van der Waals surface area (Å²) in [6, 6.07) is 0.531. The lowest BCUT2D eigenvalue weighted by Crippen LogP contribution is -2.13. The Morgan fingerprint density at radius 2 is 2.27 bits per heavy atom. The third kappa shape index (κ3) is 1.92. The van der Waals surface area contributed by atoms with Crippen LogP contribution in [0.5, 0.6) is 0 Å². The fraction of sp³-hybridized carbons (Fsp3) is 0.727. The van der Waals surface area contributed by atoms with Gasteiger partial charge in [-0.3, -0.25) is 4.68 Å². The Morgan fingerprint density at radius 1 is 1.60 bits per heavy atom. The minimum atomic E-state index is -0.569. The van der Waals surface area contributed by atoms with Gasteiger partial charge < -0.3 is 10.8 Å². The van der Waals surface area contributed by atoms with E-state index < -0.39 is 6.10 Å². The van der Waals surface area contributed by atoms with Crippen LogP contribution in [0.4, 0.5) is 0 Å². The summed E-state index contributed by atoms with van der Waals surface area (Å²) in [6.45, 7) is 2.27. The molecule has 1 unspecified atom stereocenters. The second-order valence-electron chi connectivity index (χ2n) is 4.32. The van der Waals surface area contributed by atoms with Crippen LogP contribution in [0.2, 0.25) is 0 Å². The summed E-state index contributed by atoms with van der Waals surface area (Å²) in [6.07, 6.45) is 6.18. The Morgan fingerprint density at radius 3 is 2.87 bits per heavy atom. The molecule has 15 heavy (non-hydrogen) atoms. The number of aliphatic hydroxyl groups is 1. The third-order valence-electron chi connectivity index (χ3n) is 3.34. The minimum absolute atomic E-state index is 0.261. The summed E-state index contributed by atoms with van der Waals surface area (Å²) in [5.41, 5.74) is 7.40. The molecule has 0 amide bonds. The normalized spacial score (nSPS) is 19.7. The van der Waals surface area contributed by atoms with E-state index in [1.807, 2.05) is 6.92 Å². The van der Waals surface area contributed by atoms with Gasteiger partial charge in [-0.1, -0.05) is 12.8 Å². The summed E-state index contributed by atoms with van der Waals surface area (Å²) in [4.78, 5) is 0. The fourth-order valence-corrected chi connectivity index (χ4v) is 2.41. The third-order valence-corrected chi connectivity index (χ3v) is 3.34. The lowest BCUT2D eigenvalue weighted by molar-refractivity contribution is 0.185. The minimum Gasteiger partial charge on any atom is -0.387 e. The number of rotatable bonds is 3. The van der Waals surface area contributed by atoms with Crippen LogP contribution < -0.4 is 5.73 Å². The predicted molar refractivity (Wildman–Crippen MR) is 58.5 cm³/mol. The van der Waals surface area contributed by atoms with E-state index in [1.165, 1.54) is 25.7 Å². The zero-order valence-corrected chi connectivity index (χ0v) is 9.19. The Labute approximate surface area is 90.1 Å². The van der Waals surface area contributed by atoms with Gasteiger partial charge in [0.1, 0.15) is 0 Å². The van der Waals surface area contributed by atoms with Gasteiger partial charge in [-0.25, -0.2) is 0 Å². The standard InChI is InChI=1S/C11H19N3O/c1-8-10(11(15)6-12)7-13-14(8)9-4-2-3-5-9/h7,9,11,15H,2-6,12H2,1H3. The van der Waals surface area contributed by atoms with E-state index in [1.54, 1.807) is 6.20 Å². The van der Waals surface area contributed by atoms with Crippen molar-refractivity contribution in [1.82, 2.24) is 9.78 Å². The van der Waals surface area contributed by atoms with Crippen LogP contribution in [0.1, 0.15) is 49.1 Å². The maximum atomic E-state index is 9.69. The number of nitrogens with two attached hydrogens (primary N) is 1. The van der Waals surface area contributed by atoms with E-state index in [4.69, 9.17) is 5.73 Å². The van der Waals surface area contributed by atoms with Gasteiger partial charge in [0.25, 0.3) is 0 Å². The number of aliphatic hydroxyl groups excluding tert-OH is 1. The molecule has 1 fully saturated rings. The molecule has 0 aromatic carbocycles. The summed E-state index contributed by atoms with van der Waals surface area (Å²) >= 11 is 0. The number of aromatic nitrogens is 2.